The van der Waals surface area contributed by atoms with Gasteiger partial charge in [-0.15, -0.1) is 10.2 Å². The highest BCUT2D eigenvalue weighted by Crippen LogP contribution is 2.42. The molecule has 2 aliphatic heterocycles. The minimum Gasteiger partial charge on any atom is -0.420 e. The molecule has 5 aromatic rings. The summed E-state index contributed by atoms with van der Waals surface area (Å²) in [4.78, 5) is 116. The van der Waals surface area contributed by atoms with Crippen LogP contribution in [0, 0.1) is 29.1 Å². The summed E-state index contributed by atoms with van der Waals surface area (Å²) in [6.45, 7) is 3.16. The van der Waals surface area contributed by atoms with E-state index in [9.17, 15) is 110 Å². The van der Waals surface area contributed by atoms with Gasteiger partial charge in [0.15, 0.2) is 0 Å². The van der Waals surface area contributed by atoms with Crippen molar-refractivity contribution in [2.75, 3.05) is 95.4 Å². The number of carbonyl (C=O) groups is 6. The molecule has 0 aliphatic carbocycles. The van der Waals surface area contributed by atoms with E-state index in [1.165, 1.54) is 6.92 Å². The Morgan fingerprint density at radius 3 is 1.32 bits per heavy atom. The van der Waals surface area contributed by atoms with Gasteiger partial charge in [-0.3, -0.25) is 37.7 Å². The van der Waals surface area contributed by atoms with Crippen LogP contribution in [-0.2, 0) is 82.7 Å². The van der Waals surface area contributed by atoms with Crippen LogP contribution in [0.15, 0.2) is 70.7 Å². The van der Waals surface area contributed by atoms with Gasteiger partial charge in [-0.25, -0.2) is 22.8 Å². The first-order chi connectivity index (χ1) is 56.2. The Bertz CT molecular complexity index is 4050. The van der Waals surface area contributed by atoms with E-state index in [0.717, 1.165) is 23.5 Å². The number of esters is 1. The summed E-state index contributed by atoms with van der Waals surface area (Å²) < 4.78 is 131. The zero-order chi connectivity index (χ0) is 85.9. The maximum absolute atomic E-state index is 14.0. The van der Waals surface area contributed by atoms with Crippen molar-refractivity contribution in [1.29, 1.82) is 0 Å². The molecule has 17 N–H and O–H groups in total. The Hall–Kier alpha value is -7.47. The smallest absolute Gasteiger partial charge is 0.325 e. The first-order valence-corrected chi connectivity index (χ1v) is 43.4. The Morgan fingerprint density at radius 1 is 0.492 bits per heavy atom. The number of aliphatic hydroxyl groups excluding tert-OH is 6. The normalized spacial score (nSPS) is 20.0. The van der Waals surface area contributed by atoms with E-state index in [2.05, 4.69) is 62.6 Å². The van der Waals surface area contributed by atoms with Crippen LogP contribution in [0.4, 0.5) is 42.9 Å². The Kier molecular flexibility index (Phi) is 41.4. The van der Waals surface area contributed by atoms with E-state index in [1.54, 1.807) is 70.3 Å². The number of carbonyl (C=O) groups excluding carboxylic acids is 6. The SMILES string of the molecule is CC(=O)N[C@@H](CCCCn1cc(CCCCNC(=O)Nc2ccc(S[C@@H]3O[C@H](CCP(=O)(O)O)[C@@H](O)[C@H](O)[C@@H]3O)cc2)nn1)C(=O)N[C@@H](CCCCn1cc(CCCCNC(=O)Nc2ccc(S[C@@H]3O[C@H](CCP(=O)(O)O)[C@@H](O)[C@H](O)[C@@H]3O)cc2)nn1)C(=O)NCCOCCOCCOCCOCCC(=O)Oc1c(F)c(F)c(F)c(F)c1F. The summed E-state index contributed by atoms with van der Waals surface area (Å²) >= 11 is 2.04. The summed E-state index contributed by atoms with van der Waals surface area (Å²) in [5.41, 5.74) is 0.198. The first kappa shape index (κ1) is 97.6. The fraction of sp³-hybridized carbons (Fsp3) is 0.606. The van der Waals surface area contributed by atoms with E-state index in [-0.39, 0.29) is 85.1 Å². The van der Waals surface area contributed by atoms with Crippen LogP contribution < -0.4 is 42.0 Å². The van der Waals surface area contributed by atoms with E-state index in [0.29, 0.717) is 123 Å². The Morgan fingerprint density at radius 2 is 0.898 bits per heavy atom. The van der Waals surface area contributed by atoms with Gasteiger partial charge < -0.3 is 121 Å². The van der Waals surface area contributed by atoms with Crippen LogP contribution in [0.2, 0.25) is 0 Å². The number of ether oxygens (including phenoxy) is 7. The first-order valence-electron chi connectivity index (χ1n) is 38.0. The van der Waals surface area contributed by atoms with Crippen molar-refractivity contribution in [3.8, 4) is 5.75 Å². The molecule has 4 heterocycles. The van der Waals surface area contributed by atoms with E-state index in [4.69, 9.17) is 28.4 Å². The maximum Gasteiger partial charge on any atom is 0.325 e. The lowest BCUT2D eigenvalue weighted by Crippen LogP contribution is -2.56. The predicted molar refractivity (Wildman–Crippen MR) is 411 cm³/mol. The Balaban J connectivity index is 0.793. The third-order valence-electron chi connectivity index (χ3n) is 18.0. The average Bonchev–Trinajstić information content (AvgIpc) is 0.940. The lowest BCUT2D eigenvalue weighted by molar-refractivity contribution is -0.197. The number of hydrogen-bond acceptors (Lipinski definition) is 27. The number of amides is 7. The number of anilines is 2. The molecule has 2 aromatic heterocycles. The van der Waals surface area contributed by atoms with Crippen molar-refractivity contribution >= 4 is 85.8 Å². The molecule has 7 amide bonds. The van der Waals surface area contributed by atoms with Crippen molar-refractivity contribution in [2.24, 2.45) is 0 Å². The molecule has 7 rings (SSSR count). The molecule has 2 fully saturated rings. The van der Waals surface area contributed by atoms with Crippen molar-refractivity contribution < 1.29 is 143 Å². The molecule has 0 radical (unpaired) electrons. The monoisotopic (exact) mass is 1760 g/mol. The molecule has 0 spiro atoms. The molecule has 0 unspecified atom stereocenters. The molecule has 118 heavy (non-hydrogen) atoms. The number of hydrogen-bond donors (Lipinski definition) is 17. The number of aliphatic hydroxyl groups is 6. The summed E-state index contributed by atoms with van der Waals surface area (Å²) in [5, 5.41) is 98.9. The van der Waals surface area contributed by atoms with E-state index in [1.807, 2.05) is 0 Å². The number of aromatic nitrogens is 6. The van der Waals surface area contributed by atoms with Crippen molar-refractivity contribution in [2.45, 2.75) is 198 Å². The van der Waals surface area contributed by atoms with Gasteiger partial charge in [0.1, 0.15) is 59.6 Å². The standard InChI is InChI=1S/C71H102F5N13O25P2S2/c1-42(90)80-50(13-5-9-29-89-41-46(85-87-89)11-3-7-26-79-71(101)82-44-16-20-48(21-17-44)118-69-64(97)62(95)60(93)52(113-69)24-39-116(105,106)107)67(99)83-49(66(98)77-27-31-109-33-35-111-37-36-110-34-32-108-30-22-53(91)114-65-57(75)55(73)54(72)56(74)58(65)76)12-4-8-28-88-40-45(84-86-88)10-2-6-25-78-70(100)81-43-14-18-47(19-15-43)117-68-63(96)61(94)59(92)51(112-68)23-38-115(102,103)104/h14-21,40-41,49-52,59-64,68-69,92-97H,2-13,22-39H2,1H3,(H,77,98)(H,80,90)(H,83,99)(H2,78,81,100)(H2,79,82,101)(H2,102,103,104)(H2,105,106,107)/t49-,50-,51+,52+,59+,60+,61-,62-,63-,64-,68-,69-/m0/s1. The highest BCUT2D eigenvalue weighted by Gasteiger charge is 2.46. The van der Waals surface area contributed by atoms with E-state index < -0.39 is 176 Å². The van der Waals surface area contributed by atoms with E-state index >= 15 is 0 Å². The van der Waals surface area contributed by atoms with Gasteiger partial charge >= 0.3 is 33.2 Å². The number of aryl methyl sites for hydroxylation is 4. The van der Waals surface area contributed by atoms with Crippen molar-refractivity contribution in [1.82, 2.24) is 56.6 Å². The molecule has 2 aliphatic rings. The fourth-order valence-electron chi connectivity index (χ4n) is 11.8. The van der Waals surface area contributed by atoms with Crippen LogP contribution in [0.25, 0.3) is 0 Å². The zero-order valence-corrected chi connectivity index (χ0v) is 67.7. The summed E-state index contributed by atoms with van der Waals surface area (Å²) in [6, 6.07) is 10.0. The molecule has 0 saturated carbocycles. The minimum atomic E-state index is -4.42. The van der Waals surface area contributed by atoms with Crippen LogP contribution in [0.5, 0.6) is 5.75 Å². The zero-order valence-electron chi connectivity index (χ0n) is 64.3. The van der Waals surface area contributed by atoms with Gasteiger partial charge in [0.05, 0.1) is 95.2 Å². The summed E-state index contributed by atoms with van der Waals surface area (Å²) in [6.07, 6.45) is -4.23. The third kappa shape index (κ3) is 34.6. The number of rotatable bonds is 52. The number of nitrogens with zero attached hydrogens (tertiary/aromatic N) is 6. The summed E-state index contributed by atoms with van der Waals surface area (Å²) in [7, 11) is -8.83. The number of nitrogens with one attached hydrogen (secondary N) is 7. The molecule has 0 bridgehead atoms. The van der Waals surface area contributed by atoms with Crippen LogP contribution in [-0.4, -0.2) is 273 Å². The molecular weight excluding hydrogens is 1660 g/mol. The second-order valence-electron chi connectivity index (χ2n) is 27.5. The second kappa shape index (κ2) is 50.1. The highest BCUT2D eigenvalue weighted by molar-refractivity contribution is 8.00. The number of benzene rings is 3. The lowest BCUT2D eigenvalue weighted by atomic mass is 9.98. The number of thioether (sulfide) groups is 2. The van der Waals surface area contributed by atoms with Crippen LogP contribution in [0.3, 0.4) is 0 Å². The molecule has 3 aromatic carbocycles. The number of urea groups is 2. The van der Waals surface area contributed by atoms with Gasteiger partial charge in [-0.05, 0) is 138 Å². The minimum absolute atomic E-state index is 0.0307. The van der Waals surface area contributed by atoms with Gasteiger partial charge in [-0.2, -0.15) is 8.78 Å². The van der Waals surface area contributed by atoms with Gasteiger partial charge in [0, 0.05) is 73.2 Å². The topological polar surface area (TPSA) is 549 Å². The third-order valence-corrected chi connectivity index (χ3v) is 22.0. The highest BCUT2D eigenvalue weighted by atomic mass is 32.2. The quantitative estimate of drug-likeness (QED) is 0.00506. The number of halogens is 5. The largest absolute Gasteiger partial charge is 0.420 e. The van der Waals surface area contributed by atoms with Crippen LogP contribution in [0.1, 0.15) is 102 Å². The van der Waals surface area contributed by atoms with Gasteiger partial charge in [-0.1, -0.05) is 34.0 Å². The maximum atomic E-state index is 14.0. The summed E-state index contributed by atoms with van der Waals surface area (Å²) in [5.74, 6) is -16.1. The van der Waals surface area contributed by atoms with Crippen LogP contribution >= 0.6 is 38.7 Å². The van der Waals surface area contributed by atoms with Crippen molar-refractivity contribution in [3.63, 3.8) is 0 Å². The molecule has 38 nitrogen and oxygen atoms in total. The molecule has 12 atom stereocenters. The molecule has 47 heteroatoms. The lowest BCUT2D eigenvalue weighted by Gasteiger charge is -2.40. The van der Waals surface area contributed by atoms with Gasteiger partial charge in [0.2, 0.25) is 52.6 Å². The van der Waals surface area contributed by atoms with Gasteiger partial charge in [0.25, 0.3) is 0 Å². The van der Waals surface area contributed by atoms with Crippen molar-refractivity contribution in [3.05, 3.63) is 101 Å². The molecule has 2 saturated heterocycles. The average molecular weight is 1760 g/mol. The number of unbranched alkanes of at least 4 members (excludes halogenated alkanes) is 4. The second-order valence-corrected chi connectivity index (χ2v) is 33.4. The Labute approximate surface area is 683 Å². The molecular formula is C71H102F5N13O25P2S2. The molecule has 658 valence electrons. The fourth-order valence-corrected chi connectivity index (χ4v) is 15.1. The predicted octanol–water partition coefficient (Wildman–Crippen LogP) is 3.00.